The quantitative estimate of drug-likeness (QED) is 0.268. The van der Waals surface area contributed by atoms with Gasteiger partial charge in [-0.2, -0.15) is 0 Å². The summed E-state index contributed by atoms with van der Waals surface area (Å²) >= 11 is 0. The highest BCUT2D eigenvalue weighted by molar-refractivity contribution is 6.37. The molecule has 6 amide bonds. The second-order valence-electron chi connectivity index (χ2n) is 14.1. The number of nitrogens with one attached hydrogen (secondary N) is 3. The standard InChI is InChI=1S/C29H48N6O6/c1-28(2,3)21(25(39)34(7)17-12-13-17)32-27(41)33-22(29(4,5)6)26(40)35-14-8-9-19(35)24(38)31-18(15-16-10-11-16)20(36)23(30)37/h16-19,21-22H,8-15H2,1-7H3,(H2,30,37)(H,31,38)(H2,32,33,41). The van der Waals surface area contributed by atoms with Crippen LogP contribution in [-0.2, 0) is 24.0 Å². The number of likely N-dealkylation sites (tertiary alicyclic amines) is 1. The van der Waals surface area contributed by atoms with E-state index >= 15 is 0 Å². The first-order valence-electron chi connectivity index (χ1n) is 14.7. The Balaban J connectivity index is 1.72. The van der Waals surface area contributed by atoms with Crippen molar-refractivity contribution in [1.82, 2.24) is 25.8 Å². The van der Waals surface area contributed by atoms with Crippen molar-refractivity contribution in [1.29, 1.82) is 0 Å². The maximum absolute atomic E-state index is 13.9. The number of hydrogen-bond donors (Lipinski definition) is 4. The molecule has 3 rings (SSSR count). The lowest BCUT2D eigenvalue weighted by Crippen LogP contribution is -2.62. The summed E-state index contributed by atoms with van der Waals surface area (Å²) in [5, 5.41) is 8.26. The number of carbonyl (C=O) groups excluding carboxylic acids is 6. The number of ketones is 1. The summed E-state index contributed by atoms with van der Waals surface area (Å²) in [7, 11) is 1.74. The van der Waals surface area contributed by atoms with Gasteiger partial charge in [-0.3, -0.25) is 24.0 Å². The molecule has 12 heteroatoms. The summed E-state index contributed by atoms with van der Waals surface area (Å²) < 4.78 is 0. The summed E-state index contributed by atoms with van der Waals surface area (Å²) in [5.41, 5.74) is 3.92. The highest BCUT2D eigenvalue weighted by atomic mass is 16.2. The maximum atomic E-state index is 13.9. The zero-order valence-corrected chi connectivity index (χ0v) is 25.5. The first-order valence-corrected chi connectivity index (χ1v) is 14.7. The van der Waals surface area contributed by atoms with E-state index in [1.807, 2.05) is 41.5 Å². The minimum absolute atomic E-state index is 0.182. The molecule has 230 valence electrons. The largest absolute Gasteiger partial charge is 0.363 e. The van der Waals surface area contributed by atoms with Crippen molar-refractivity contribution in [2.24, 2.45) is 22.5 Å². The Morgan fingerprint density at radius 1 is 0.854 bits per heavy atom. The molecule has 0 aromatic rings. The second-order valence-corrected chi connectivity index (χ2v) is 14.1. The SMILES string of the molecule is CN(C(=O)C(NC(=O)NC(C(=O)N1CCCC1C(=O)NC(CC1CC1)C(=O)C(N)=O)C(C)(C)C)C(C)(C)C)C1CC1. The van der Waals surface area contributed by atoms with Crippen LogP contribution in [0.2, 0.25) is 0 Å². The van der Waals surface area contributed by atoms with Crippen molar-refractivity contribution >= 4 is 35.4 Å². The van der Waals surface area contributed by atoms with Crippen LogP contribution in [-0.4, -0.2) is 89.0 Å². The molecule has 1 aliphatic heterocycles. The molecule has 1 saturated heterocycles. The van der Waals surface area contributed by atoms with Gasteiger partial charge in [-0.05, 0) is 48.9 Å². The molecule has 1 heterocycles. The van der Waals surface area contributed by atoms with Gasteiger partial charge in [0.1, 0.15) is 18.1 Å². The van der Waals surface area contributed by atoms with Crippen LogP contribution in [0.5, 0.6) is 0 Å². The van der Waals surface area contributed by atoms with Gasteiger partial charge in [0, 0.05) is 19.6 Å². The van der Waals surface area contributed by atoms with Crippen LogP contribution in [0.3, 0.4) is 0 Å². The predicted molar refractivity (Wildman–Crippen MR) is 152 cm³/mol. The molecule has 0 aromatic carbocycles. The maximum Gasteiger partial charge on any atom is 0.316 e. The molecular formula is C29H48N6O6. The average molecular weight is 577 g/mol. The third kappa shape index (κ3) is 8.42. The van der Waals surface area contributed by atoms with Crippen LogP contribution < -0.4 is 21.7 Å². The van der Waals surface area contributed by atoms with Crippen LogP contribution in [0.25, 0.3) is 0 Å². The van der Waals surface area contributed by atoms with Gasteiger partial charge in [-0.1, -0.05) is 54.4 Å². The van der Waals surface area contributed by atoms with Gasteiger partial charge in [0.2, 0.25) is 23.5 Å². The molecule has 0 bridgehead atoms. The molecule has 3 aliphatic rings. The number of nitrogens with zero attached hydrogens (tertiary/aromatic N) is 2. The summed E-state index contributed by atoms with van der Waals surface area (Å²) in [6, 6.07) is -4.14. The molecule has 0 radical (unpaired) electrons. The zero-order chi connectivity index (χ0) is 30.9. The zero-order valence-electron chi connectivity index (χ0n) is 25.5. The lowest BCUT2D eigenvalue weighted by atomic mass is 9.85. The van der Waals surface area contributed by atoms with Gasteiger partial charge >= 0.3 is 6.03 Å². The number of rotatable bonds is 11. The third-order valence-electron chi connectivity index (χ3n) is 8.20. The Labute approximate surface area is 242 Å². The summed E-state index contributed by atoms with van der Waals surface area (Å²) in [6.07, 6.45) is 5.01. The number of Topliss-reactive ketones (excluding diaryl/α,β-unsaturated/α-hetero) is 1. The third-order valence-corrected chi connectivity index (χ3v) is 8.20. The molecule has 12 nitrogen and oxygen atoms in total. The number of urea groups is 1. The van der Waals surface area contributed by atoms with Crippen LogP contribution >= 0.6 is 0 Å². The van der Waals surface area contributed by atoms with E-state index < -0.39 is 64.5 Å². The van der Waals surface area contributed by atoms with Crippen molar-refractivity contribution in [3.05, 3.63) is 0 Å². The van der Waals surface area contributed by atoms with Crippen molar-refractivity contribution in [2.45, 2.75) is 117 Å². The molecule has 4 atom stereocenters. The van der Waals surface area contributed by atoms with E-state index in [2.05, 4.69) is 16.0 Å². The Bertz CT molecular complexity index is 1050. The highest BCUT2D eigenvalue weighted by Gasteiger charge is 2.44. The van der Waals surface area contributed by atoms with Gasteiger partial charge in [-0.15, -0.1) is 0 Å². The minimum atomic E-state index is -1.10. The van der Waals surface area contributed by atoms with Gasteiger partial charge in [-0.25, -0.2) is 4.79 Å². The number of amides is 6. The lowest BCUT2D eigenvalue weighted by molar-refractivity contribution is -0.143. The molecule has 2 aliphatic carbocycles. The fourth-order valence-corrected chi connectivity index (χ4v) is 5.27. The Morgan fingerprint density at radius 2 is 1.41 bits per heavy atom. The van der Waals surface area contributed by atoms with Gasteiger partial charge in [0.25, 0.3) is 5.91 Å². The monoisotopic (exact) mass is 576 g/mol. The van der Waals surface area contributed by atoms with E-state index in [0.29, 0.717) is 25.8 Å². The van der Waals surface area contributed by atoms with E-state index in [0.717, 1.165) is 25.7 Å². The van der Waals surface area contributed by atoms with Crippen molar-refractivity contribution < 1.29 is 28.8 Å². The van der Waals surface area contributed by atoms with Gasteiger partial charge in [0.15, 0.2) is 0 Å². The Morgan fingerprint density at radius 3 is 1.90 bits per heavy atom. The molecule has 5 N–H and O–H groups in total. The smallest absolute Gasteiger partial charge is 0.316 e. The van der Waals surface area contributed by atoms with Crippen LogP contribution in [0.4, 0.5) is 4.79 Å². The normalized spacial score (nSPS) is 21.3. The number of hydrogen-bond acceptors (Lipinski definition) is 6. The van der Waals surface area contributed by atoms with E-state index in [-0.39, 0.29) is 17.9 Å². The van der Waals surface area contributed by atoms with Crippen molar-refractivity contribution in [3.63, 3.8) is 0 Å². The first kappa shape index (κ1) is 32.3. The Kier molecular flexibility index (Phi) is 9.75. The highest BCUT2D eigenvalue weighted by Crippen LogP contribution is 2.34. The summed E-state index contributed by atoms with van der Waals surface area (Å²) in [4.78, 5) is 80.7. The van der Waals surface area contributed by atoms with E-state index in [1.54, 1.807) is 11.9 Å². The topological polar surface area (TPSA) is 171 Å². The van der Waals surface area contributed by atoms with E-state index in [9.17, 15) is 28.8 Å². The molecule has 0 spiro atoms. The van der Waals surface area contributed by atoms with E-state index in [1.165, 1.54) is 4.90 Å². The Hall–Kier alpha value is -3.18. The fourth-order valence-electron chi connectivity index (χ4n) is 5.27. The van der Waals surface area contributed by atoms with Crippen LogP contribution in [0.15, 0.2) is 0 Å². The fraction of sp³-hybridized carbons (Fsp3) is 0.793. The number of primary amides is 1. The number of likely N-dealkylation sites (N-methyl/N-ethyl adjacent to an activating group) is 1. The molecular weight excluding hydrogens is 528 g/mol. The second kappa shape index (κ2) is 12.4. The van der Waals surface area contributed by atoms with Crippen molar-refractivity contribution in [3.8, 4) is 0 Å². The average Bonchev–Trinajstić information content (AvgIpc) is 3.80. The first-order chi connectivity index (χ1) is 18.9. The molecule has 4 unspecified atom stereocenters. The molecule has 3 fully saturated rings. The molecule has 41 heavy (non-hydrogen) atoms. The van der Waals surface area contributed by atoms with Gasteiger partial charge < -0.3 is 31.5 Å². The lowest BCUT2D eigenvalue weighted by Gasteiger charge is -2.37. The van der Waals surface area contributed by atoms with Crippen LogP contribution in [0.1, 0.15) is 86.5 Å². The number of carbonyl (C=O) groups is 6. The number of nitrogens with two attached hydrogens (primary N) is 1. The minimum Gasteiger partial charge on any atom is -0.363 e. The van der Waals surface area contributed by atoms with Crippen molar-refractivity contribution in [2.75, 3.05) is 13.6 Å². The summed E-state index contributed by atoms with van der Waals surface area (Å²) in [6.45, 7) is 11.4. The predicted octanol–water partition coefficient (Wildman–Crippen LogP) is 1.07. The molecule has 0 aromatic heterocycles. The van der Waals surface area contributed by atoms with E-state index in [4.69, 9.17) is 5.73 Å². The summed E-state index contributed by atoms with van der Waals surface area (Å²) in [5.74, 6) is -2.83. The van der Waals surface area contributed by atoms with Gasteiger partial charge in [0.05, 0.1) is 6.04 Å². The van der Waals surface area contributed by atoms with Crippen LogP contribution in [0, 0.1) is 16.7 Å². The molecule has 2 saturated carbocycles.